The van der Waals surface area contributed by atoms with Gasteiger partial charge in [-0.3, -0.25) is 14.5 Å². The molecule has 1 aromatic heterocycles. The highest BCUT2D eigenvalue weighted by atomic mass is 16.5. The molecular weight excluding hydrogens is 376 g/mol. The van der Waals surface area contributed by atoms with Crippen LogP contribution in [0.15, 0.2) is 30.3 Å². The Morgan fingerprint density at radius 3 is 2.83 bits per heavy atom. The number of rotatable bonds is 5. The van der Waals surface area contributed by atoms with E-state index in [1.165, 1.54) is 4.68 Å². The van der Waals surface area contributed by atoms with Gasteiger partial charge in [-0.05, 0) is 41.3 Å². The van der Waals surface area contributed by atoms with Crippen molar-refractivity contribution in [3.05, 3.63) is 36.2 Å². The van der Waals surface area contributed by atoms with Gasteiger partial charge in [0.05, 0.1) is 5.69 Å². The normalized spacial score (nSPS) is 24.0. The summed E-state index contributed by atoms with van der Waals surface area (Å²) in [6, 6.07) is 8.64. The lowest BCUT2D eigenvalue weighted by Crippen LogP contribution is -2.54. The first-order valence-corrected chi connectivity index (χ1v) is 9.64. The number of imide groups is 1. The molecule has 1 aliphatic carbocycles. The molecule has 4 rings (SSSR count). The van der Waals surface area contributed by atoms with Crippen LogP contribution in [-0.4, -0.2) is 55.1 Å². The number of nitrogens with one attached hydrogen (secondary N) is 1. The third-order valence-electron chi connectivity index (χ3n) is 5.69. The van der Waals surface area contributed by atoms with E-state index >= 15 is 0 Å². The number of urea groups is 1. The van der Waals surface area contributed by atoms with Gasteiger partial charge in [-0.1, -0.05) is 38.0 Å². The molecular formula is C19H22N6O4. The molecule has 1 spiro atoms. The summed E-state index contributed by atoms with van der Waals surface area (Å²) in [5, 5.41) is 14.2. The van der Waals surface area contributed by atoms with Gasteiger partial charge in [0.25, 0.3) is 5.91 Å². The van der Waals surface area contributed by atoms with E-state index in [-0.39, 0.29) is 18.4 Å². The SMILES string of the molecule is C[C@@H]1CCCC[C@@]12NC(=O)N(CC(=O)OCc1nnnn1-c1ccccc1)C2=O. The Balaban J connectivity index is 1.39. The molecule has 152 valence electrons. The van der Waals surface area contributed by atoms with Crippen LogP contribution < -0.4 is 5.32 Å². The van der Waals surface area contributed by atoms with Gasteiger partial charge in [-0.15, -0.1) is 5.10 Å². The Kier molecular flexibility index (Phi) is 4.99. The van der Waals surface area contributed by atoms with Crippen molar-refractivity contribution in [1.29, 1.82) is 0 Å². The molecule has 2 aliphatic rings. The fraction of sp³-hybridized carbons (Fsp3) is 0.474. The van der Waals surface area contributed by atoms with Gasteiger partial charge in [0.15, 0.2) is 12.4 Å². The van der Waals surface area contributed by atoms with Gasteiger partial charge in [-0.25, -0.2) is 4.79 Å². The number of tetrazole rings is 1. The summed E-state index contributed by atoms with van der Waals surface area (Å²) in [4.78, 5) is 38.5. The number of para-hydroxylation sites is 1. The van der Waals surface area contributed by atoms with Crippen molar-refractivity contribution in [2.24, 2.45) is 5.92 Å². The molecule has 2 aromatic rings. The number of hydrogen-bond donors (Lipinski definition) is 1. The second kappa shape index (κ2) is 7.61. The summed E-state index contributed by atoms with van der Waals surface area (Å²) in [6.07, 6.45) is 3.36. The van der Waals surface area contributed by atoms with E-state index in [4.69, 9.17) is 4.74 Å². The molecule has 0 unspecified atom stereocenters. The van der Waals surface area contributed by atoms with Crippen LogP contribution in [0.4, 0.5) is 4.79 Å². The topological polar surface area (TPSA) is 119 Å². The molecule has 3 amide bonds. The van der Waals surface area contributed by atoms with Gasteiger partial charge >= 0.3 is 12.0 Å². The average molecular weight is 398 g/mol. The van der Waals surface area contributed by atoms with Crippen molar-refractivity contribution >= 4 is 17.9 Å². The van der Waals surface area contributed by atoms with Crippen molar-refractivity contribution in [1.82, 2.24) is 30.4 Å². The van der Waals surface area contributed by atoms with Gasteiger partial charge in [-0.2, -0.15) is 4.68 Å². The lowest BCUT2D eigenvalue weighted by atomic mass is 9.73. The summed E-state index contributed by atoms with van der Waals surface area (Å²) >= 11 is 0. The highest BCUT2D eigenvalue weighted by Crippen LogP contribution is 2.38. The van der Waals surface area contributed by atoms with Gasteiger partial charge in [0.2, 0.25) is 0 Å². The highest BCUT2D eigenvalue weighted by molar-refractivity contribution is 6.08. The van der Waals surface area contributed by atoms with Crippen LogP contribution in [0.1, 0.15) is 38.4 Å². The van der Waals surface area contributed by atoms with E-state index in [2.05, 4.69) is 20.8 Å². The maximum atomic E-state index is 12.9. The zero-order valence-electron chi connectivity index (χ0n) is 16.1. The molecule has 10 heteroatoms. The van der Waals surface area contributed by atoms with Crippen LogP contribution in [0.5, 0.6) is 0 Å². The Morgan fingerprint density at radius 1 is 1.28 bits per heavy atom. The maximum Gasteiger partial charge on any atom is 0.326 e. The van der Waals surface area contributed by atoms with E-state index in [1.54, 1.807) is 0 Å². The van der Waals surface area contributed by atoms with Crippen molar-refractivity contribution in [2.45, 2.75) is 44.8 Å². The number of aromatic nitrogens is 4. The third kappa shape index (κ3) is 3.45. The van der Waals surface area contributed by atoms with Crippen LogP contribution in [0.2, 0.25) is 0 Å². The molecule has 0 bridgehead atoms. The molecule has 1 saturated carbocycles. The molecule has 2 fully saturated rings. The minimum atomic E-state index is -0.896. The number of hydrogen-bond acceptors (Lipinski definition) is 7. The second-order valence-corrected chi connectivity index (χ2v) is 7.44. The molecule has 2 atom stereocenters. The maximum absolute atomic E-state index is 12.9. The third-order valence-corrected chi connectivity index (χ3v) is 5.69. The van der Waals surface area contributed by atoms with Crippen molar-refractivity contribution < 1.29 is 19.1 Å². The first-order chi connectivity index (χ1) is 14.0. The van der Waals surface area contributed by atoms with Crippen LogP contribution in [-0.2, 0) is 20.9 Å². The summed E-state index contributed by atoms with van der Waals surface area (Å²) in [6.45, 7) is 1.35. The standard InChI is InChI=1S/C19H22N6O4/c1-13-7-5-6-10-19(13)17(27)24(18(28)20-19)11-16(26)29-12-15-21-22-23-25(15)14-8-3-2-4-9-14/h2-4,8-9,13H,5-7,10-12H2,1H3,(H,20,28)/t13-,19-/m1/s1. The number of nitrogens with zero attached hydrogens (tertiary/aromatic N) is 5. The first-order valence-electron chi connectivity index (χ1n) is 9.64. The zero-order valence-corrected chi connectivity index (χ0v) is 16.1. The minimum Gasteiger partial charge on any atom is -0.456 e. The predicted molar refractivity (Wildman–Crippen MR) is 99.6 cm³/mol. The quantitative estimate of drug-likeness (QED) is 0.594. The number of amides is 3. The minimum absolute atomic E-state index is 0.0317. The lowest BCUT2D eigenvalue weighted by Gasteiger charge is -2.36. The Morgan fingerprint density at radius 2 is 2.07 bits per heavy atom. The molecule has 1 aliphatic heterocycles. The molecule has 29 heavy (non-hydrogen) atoms. The van der Waals surface area contributed by atoms with Crippen molar-refractivity contribution in [2.75, 3.05) is 6.54 Å². The van der Waals surface area contributed by atoms with Gasteiger partial charge < -0.3 is 10.1 Å². The summed E-state index contributed by atoms with van der Waals surface area (Å²) in [7, 11) is 0. The number of carbonyl (C=O) groups is 3. The lowest BCUT2D eigenvalue weighted by molar-refractivity contribution is -0.149. The number of ether oxygens (including phenoxy) is 1. The van der Waals surface area contributed by atoms with E-state index in [0.717, 1.165) is 29.8 Å². The molecule has 2 heterocycles. The van der Waals surface area contributed by atoms with Crippen molar-refractivity contribution in [3.63, 3.8) is 0 Å². The predicted octanol–water partition coefficient (Wildman–Crippen LogP) is 1.21. The summed E-state index contributed by atoms with van der Waals surface area (Å²) < 4.78 is 6.69. The highest BCUT2D eigenvalue weighted by Gasteiger charge is 2.55. The Labute approximate surface area is 167 Å². The average Bonchev–Trinajstić information content (AvgIpc) is 3.29. The zero-order chi connectivity index (χ0) is 20.4. The summed E-state index contributed by atoms with van der Waals surface area (Å²) in [5.41, 5.74) is -0.168. The van der Waals surface area contributed by atoms with Gasteiger partial charge in [0.1, 0.15) is 12.1 Å². The molecule has 1 saturated heterocycles. The fourth-order valence-corrected chi connectivity index (χ4v) is 4.02. The largest absolute Gasteiger partial charge is 0.456 e. The molecule has 1 N–H and O–H groups in total. The smallest absolute Gasteiger partial charge is 0.326 e. The van der Waals surface area contributed by atoms with Crippen LogP contribution >= 0.6 is 0 Å². The summed E-state index contributed by atoms with van der Waals surface area (Å²) in [5.74, 6) is -0.680. The van der Waals surface area contributed by atoms with Gasteiger partial charge in [0, 0.05) is 0 Å². The van der Waals surface area contributed by atoms with Crippen molar-refractivity contribution in [3.8, 4) is 5.69 Å². The number of carbonyl (C=O) groups excluding carboxylic acids is 3. The Bertz CT molecular complexity index is 930. The first kappa shape index (κ1) is 19.0. The molecule has 10 nitrogen and oxygen atoms in total. The van der Waals surface area contributed by atoms with E-state index < -0.39 is 24.1 Å². The van der Waals surface area contributed by atoms with Crippen LogP contribution in [0.3, 0.4) is 0 Å². The van der Waals surface area contributed by atoms with E-state index in [9.17, 15) is 14.4 Å². The molecule has 1 aromatic carbocycles. The fourth-order valence-electron chi connectivity index (χ4n) is 4.02. The molecule has 0 radical (unpaired) electrons. The number of benzene rings is 1. The van der Waals surface area contributed by atoms with Crippen LogP contribution in [0.25, 0.3) is 5.69 Å². The second-order valence-electron chi connectivity index (χ2n) is 7.44. The Hall–Kier alpha value is -3.30. The van der Waals surface area contributed by atoms with E-state index in [0.29, 0.717) is 12.2 Å². The monoisotopic (exact) mass is 398 g/mol. The van der Waals surface area contributed by atoms with E-state index in [1.807, 2.05) is 37.3 Å². The van der Waals surface area contributed by atoms with Crippen LogP contribution in [0, 0.1) is 5.92 Å². The number of esters is 1.